The van der Waals surface area contributed by atoms with Gasteiger partial charge in [0.2, 0.25) is 0 Å². The van der Waals surface area contributed by atoms with E-state index in [9.17, 15) is 0 Å². The molecular weight excluding hydrogens is 158 g/mol. The van der Waals surface area contributed by atoms with Crippen molar-refractivity contribution in [1.29, 1.82) is 0 Å². The molecule has 0 radical (unpaired) electrons. The molecular formula is C12H25N. The Kier molecular flexibility index (Phi) is 4.24. The Morgan fingerprint density at radius 1 is 1.15 bits per heavy atom. The van der Waals surface area contributed by atoms with Gasteiger partial charge in [-0.25, -0.2) is 0 Å². The van der Waals surface area contributed by atoms with Crippen molar-refractivity contribution in [3.8, 4) is 0 Å². The fourth-order valence-electron chi connectivity index (χ4n) is 2.37. The summed E-state index contributed by atoms with van der Waals surface area (Å²) >= 11 is 0. The number of unbranched alkanes of at least 4 members (excludes halogenated alkanes) is 1. The van der Waals surface area contributed by atoms with E-state index in [0.29, 0.717) is 5.54 Å². The Morgan fingerprint density at radius 2 is 1.77 bits per heavy atom. The Labute approximate surface area is 83.5 Å². The van der Waals surface area contributed by atoms with Crippen LogP contribution in [0, 0.1) is 0 Å². The van der Waals surface area contributed by atoms with Crippen LogP contribution in [0.15, 0.2) is 0 Å². The van der Waals surface area contributed by atoms with Crippen LogP contribution in [-0.2, 0) is 0 Å². The largest absolute Gasteiger partial charge is 0.298 e. The molecule has 0 amide bonds. The molecule has 1 heteroatoms. The summed E-state index contributed by atoms with van der Waals surface area (Å²) in [5.41, 5.74) is 0.506. The number of hydrogen-bond acceptors (Lipinski definition) is 1. The van der Waals surface area contributed by atoms with Crippen LogP contribution >= 0.6 is 0 Å². The van der Waals surface area contributed by atoms with E-state index in [1.54, 1.807) is 0 Å². The van der Waals surface area contributed by atoms with Crippen LogP contribution in [0.1, 0.15) is 59.3 Å². The van der Waals surface area contributed by atoms with Crippen LogP contribution < -0.4 is 0 Å². The van der Waals surface area contributed by atoms with Crippen molar-refractivity contribution in [1.82, 2.24) is 4.90 Å². The second kappa shape index (κ2) is 4.99. The molecule has 13 heavy (non-hydrogen) atoms. The molecule has 1 aliphatic rings. The van der Waals surface area contributed by atoms with Gasteiger partial charge in [0, 0.05) is 5.54 Å². The lowest BCUT2D eigenvalue weighted by Gasteiger charge is -2.38. The topological polar surface area (TPSA) is 3.24 Å². The molecule has 1 nitrogen and oxygen atoms in total. The van der Waals surface area contributed by atoms with E-state index in [4.69, 9.17) is 0 Å². The number of nitrogens with zero attached hydrogens (tertiary/aromatic N) is 1. The second-order valence-corrected chi connectivity index (χ2v) is 4.65. The fraction of sp³-hybridized carbons (Fsp3) is 1.00. The third kappa shape index (κ3) is 2.70. The second-order valence-electron chi connectivity index (χ2n) is 4.65. The normalized spacial score (nSPS) is 23.3. The van der Waals surface area contributed by atoms with Gasteiger partial charge in [0.05, 0.1) is 0 Å². The minimum absolute atomic E-state index is 0.506. The molecule has 0 bridgehead atoms. The molecule has 1 heterocycles. The molecule has 0 aromatic carbocycles. The fourth-order valence-corrected chi connectivity index (χ4v) is 2.37. The predicted octanol–water partition coefficient (Wildman–Crippen LogP) is 3.44. The minimum Gasteiger partial charge on any atom is -0.298 e. The summed E-state index contributed by atoms with van der Waals surface area (Å²) in [6.07, 6.45) is 8.26. The summed E-state index contributed by atoms with van der Waals surface area (Å²) in [5.74, 6) is 0. The zero-order valence-corrected chi connectivity index (χ0v) is 9.60. The molecule has 0 spiro atoms. The number of rotatable bonds is 5. The van der Waals surface area contributed by atoms with E-state index in [1.165, 1.54) is 51.6 Å². The summed E-state index contributed by atoms with van der Waals surface area (Å²) in [6.45, 7) is 9.77. The van der Waals surface area contributed by atoms with Crippen LogP contribution in [0.5, 0.6) is 0 Å². The molecule has 1 aliphatic heterocycles. The van der Waals surface area contributed by atoms with Crippen LogP contribution in [0.25, 0.3) is 0 Å². The smallest absolute Gasteiger partial charge is 0.0178 e. The summed E-state index contributed by atoms with van der Waals surface area (Å²) in [6, 6.07) is 0. The first-order valence-electron chi connectivity index (χ1n) is 5.98. The molecule has 1 fully saturated rings. The highest BCUT2D eigenvalue weighted by molar-refractivity contribution is 4.87. The highest BCUT2D eigenvalue weighted by Gasteiger charge is 2.30. The van der Waals surface area contributed by atoms with Crippen molar-refractivity contribution in [3.05, 3.63) is 0 Å². The Hall–Kier alpha value is -0.0400. The monoisotopic (exact) mass is 183 g/mol. The van der Waals surface area contributed by atoms with Gasteiger partial charge in [-0.15, -0.1) is 0 Å². The standard InChI is InChI=1S/C12H25N/c1-4-6-9-12(3,5-2)13-10-7-8-11-13/h4-11H2,1-3H3. The van der Waals surface area contributed by atoms with E-state index in [0.717, 1.165) is 0 Å². The lowest BCUT2D eigenvalue weighted by molar-refractivity contribution is 0.117. The maximum Gasteiger partial charge on any atom is 0.0178 e. The molecule has 1 saturated heterocycles. The van der Waals surface area contributed by atoms with Crippen molar-refractivity contribution in [2.75, 3.05) is 13.1 Å². The molecule has 1 unspecified atom stereocenters. The van der Waals surface area contributed by atoms with Gasteiger partial charge < -0.3 is 0 Å². The van der Waals surface area contributed by atoms with Gasteiger partial charge in [0.15, 0.2) is 0 Å². The summed E-state index contributed by atoms with van der Waals surface area (Å²) in [4.78, 5) is 2.71. The van der Waals surface area contributed by atoms with Gasteiger partial charge in [-0.05, 0) is 45.7 Å². The quantitative estimate of drug-likeness (QED) is 0.631. The van der Waals surface area contributed by atoms with Gasteiger partial charge in [0.1, 0.15) is 0 Å². The molecule has 0 aliphatic carbocycles. The first-order valence-corrected chi connectivity index (χ1v) is 5.98. The predicted molar refractivity (Wildman–Crippen MR) is 59.0 cm³/mol. The first-order chi connectivity index (χ1) is 6.23. The summed E-state index contributed by atoms with van der Waals surface area (Å²) in [5, 5.41) is 0. The average Bonchev–Trinajstić information content (AvgIpc) is 2.67. The van der Waals surface area contributed by atoms with Gasteiger partial charge >= 0.3 is 0 Å². The van der Waals surface area contributed by atoms with Crippen LogP contribution in [0.3, 0.4) is 0 Å². The Morgan fingerprint density at radius 3 is 2.23 bits per heavy atom. The molecule has 1 rings (SSSR count). The van der Waals surface area contributed by atoms with Crippen LogP contribution in [-0.4, -0.2) is 23.5 Å². The van der Waals surface area contributed by atoms with E-state index >= 15 is 0 Å². The minimum atomic E-state index is 0.506. The molecule has 78 valence electrons. The SMILES string of the molecule is CCCCC(C)(CC)N1CCCC1. The lowest BCUT2D eigenvalue weighted by atomic mass is 9.90. The van der Waals surface area contributed by atoms with Crippen molar-refractivity contribution in [2.45, 2.75) is 64.8 Å². The van der Waals surface area contributed by atoms with Crippen molar-refractivity contribution in [3.63, 3.8) is 0 Å². The van der Waals surface area contributed by atoms with E-state index in [2.05, 4.69) is 25.7 Å². The maximum atomic E-state index is 2.71. The summed E-state index contributed by atoms with van der Waals surface area (Å²) < 4.78 is 0. The van der Waals surface area contributed by atoms with Gasteiger partial charge in [0.25, 0.3) is 0 Å². The number of likely N-dealkylation sites (tertiary alicyclic amines) is 1. The highest BCUT2D eigenvalue weighted by atomic mass is 15.2. The van der Waals surface area contributed by atoms with Crippen LogP contribution in [0.2, 0.25) is 0 Å². The summed E-state index contributed by atoms with van der Waals surface area (Å²) in [7, 11) is 0. The first kappa shape index (κ1) is 11.0. The maximum absolute atomic E-state index is 2.71. The highest BCUT2D eigenvalue weighted by Crippen LogP contribution is 2.29. The van der Waals surface area contributed by atoms with E-state index in [1.807, 2.05) is 0 Å². The van der Waals surface area contributed by atoms with Crippen molar-refractivity contribution < 1.29 is 0 Å². The zero-order chi connectivity index (χ0) is 9.73. The molecule has 0 aromatic heterocycles. The molecule has 0 N–H and O–H groups in total. The Balaban J connectivity index is 2.45. The molecule has 0 aromatic rings. The van der Waals surface area contributed by atoms with E-state index in [-0.39, 0.29) is 0 Å². The van der Waals surface area contributed by atoms with Crippen LogP contribution in [0.4, 0.5) is 0 Å². The molecule has 1 atom stereocenters. The van der Waals surface area contributed by atoms with Gasteiger partial charge in [-0.2, -0.15) is 0 Å². The Bertz CT molecular complexity index is 138. The molecule has 0 saturated carbocycles. The number of hydrogen-bond donors (Lipinski definition) is 0. The van der Waals surface area contributed by atoms with Gasteiger partial charge in [-0.3, -0.25) is 4.90 Å². The van der Waals surface area contributed by atoms with Gasteiger partial charge in [-0.1, -0.05) is 26.7 Å². The average molecular weight is 183 g/mol. The van der Waals surface area contributed by atoms with Crippen molar-refractivity contribution >= 4 is 0 Å². The van der Waals surface area contributed by atoms with E-state index < -0.39 is 0 Å². The lowest BCUT2D eigenvalue weighted by Crippen LogP contribution is -2.44. The zero-order valence-electron chi connectivity index (χ0n) is 9.60. The van der Waals surface area contributed by atoms with Crippen molar-refractivity contribution in [2.24, 2.45) is 0 Å². The third-order valence-electron chi connectivity index (χ3n) is 3.70. The third-order valence-corrected chi connectivity index (χ3v) is 3.70.